The minimum absolute atomic E-state index is 0.0701. The van der Waals surface area contributed by atoms with Crippen LogP contribution in [-0.4, -0.2) is 71.7 Å². The molecule has 1 fully saturated rings. The normalized spacial score (nSPS) is 17.3. The Labute approximate surface area is 191 Å². The number of amides is 1. The highest BCUT2D eigenvalue weighted by molar-refractivity contribution is 7.89. The lowest BCUT2D eigenvalue weighted by Gasteiger charge is -2.31. The molecule has 0 radical (unpaired) electrons. The van der Waals surface area contributed by atoms with Gasteiger partial charge in [0.1, 0.15) is 22.4 Å². The molecule has 2 aromatic heterocycles. The van der Waals surface area contributed by atoms with Crippen molar-refractivity contribution >= 4 is 37.5 Å². The topological polar surface area (TPSA) is 122 Å². The molecule has 33 heavy (non-hydrogen) atoms. The number of rotatable bonds is 5. The molecule has 0 bridgehead atoms. The number of fused-ring (bicyclic) bond motifs is 1. The van der Waals surface area contributed by atoms with E-state index in [2.05, 4.69) is 15.0 Å². The number of primary amides is 1. The molecule has 1 atom stereocenters. The van der Waals surface area contributed by atoms with Gasteiger partial charge in [-0.05, 0) is 31.3 Å². The number of nitrogens with zero attached hydrogens (tertiary/aromatic N) is 5. The first-order valence-corrected chi connectivity index (χ1v) is 12.0. The molecular formula is C19H19F3N6O3S2. The van der Waals surface area contributed by atoms with E-state index in [1.807, 2.05) is 11.9 Å². The van der Waals surface area contributed by atoms with Crippen LogP contribution in [-0.2, 0) is 21.0 Å². The van der Waals surface area contributed by atoms with Crippen LogP contribution in [0.25, 0.3) is 10.2 Å². The molecule has 0 aliphatic carbocycles. The zero-order chi connectivity index (χ0) is 24.0. The van der Waals surface area contributed by atoms with E-state index in [1.54, 1.807) is 0 Å². The van der Waals surface area contributed by atoms with Gasteiger partial charge in [-0.15, -0.1) is 11.3 Å². The SMILES string of the molecule is CN1CCN(S(=O)(=O)c2ccc3nc(C(C(N)=O)c4nccc(C(F)(F)F)n4)sc3c2)CC1. The molecule has 1 unspecified atom stereocenters. The van der Waals surface area contributed by atoms with Gasteiger partial charge < -0.3 is 10.6 Å². The van der Waals surface area contributed by atoms with Gasteiger partial charge >= 0.3 is 6.18 Å². The van der Waals surface area contributed by atoms with Crippen LogP contribution in [0.5, 0.6) is 0 Å². The second-order valence-electron chi connectivity index (χ2n) is 7.52. The van der Waals surface area contributed by atoms with Gasteiger partial charge in [-0.1, -0.05) is 0 Å². The van der Waals surface area contributed by atoms with Gasteiger partial charge in [-0.2, -0.15) is 17.5 Å². The van der Waals surface area contributed by atoms with Gasteiger partial charge in [0.2, 0.25) is 15.9 Å². The van der Waals surface area contributed by atoms with Crippen molar-refractivity contribution in [2.45, 2.75) is 17.0 Å². The number of carbonyl (C=O) groups is 1. The van der Waals surface area contributed by atoms with Crippen LogP contribution in [0.2, 0.25) is 0 Å². The quantitative estimate of drug-likeness (QED) is 0.565. The second kappa shape index (κ2) is 8.59. The lowest BCUT2D eigenvalue weighted by Crippen LogP contribution is -2.46. The molecule has 3 aromatic rings. The Bertz CT molecular complexity index is 1300. The van der Waals surface area contributed by atoms with Crippen LogP contribution >= 0.6 is 11.3 Å². The summed E-state index contributed by atoms with van der Waals surface area (Å²) >= 11 is 0.955. The van der Waals surface area contributed by atoms with Crippen molar-refractivity contribution in [1.29, 1.82) is 0 Å². The number of alkyl halides is 3. The molecule has 176 valence electrons. The van der Waals surface area contributed by atoms with E-state index in [1.165, 1.54) is 22.5 Å². The number of halogens is 3. The third-order valence-electron chi connectivity index (χ3n) is 5.23. The maximum atomic E-state index is 13.1. The molecule has 1 aliphatic heterocycles. The number of hydrogen-bond acceptors (Lipinski definition) is 8. The standard InChI is InChI=1S/C19H19F3N6O3S2/c1-27-6-8-28(9-7-27)33(30,31)11-2-3-12-13(10-11)32-18(25-12)15(16(23)29)17-24-5-4-14(26-17)19(20,21)22/h2-5,10,15H,6-9H2,1H3,(H2,23,29). The third kappa shape index (κ3) is 4.69. The fraction of sp³-hybridized carbons (Fsp3) is 0.368. The average Bonchev–Trinajstić information content (AvgIpc) is 3.16. The van der Waals surface area contributed by atoms with Crippen LogP contribution in [0.15, 0.2) is 35.4 Å². The van der Waals surface area contributed by atoms with Gasteiger partial charge in [0.05, 0.1) is 15.1 Å². The maximum absolute atomic E-state index is 13.1. The molecule has 1 saturated heterocycles. The largest absolute Gasteiger partial charge is 0.433 e. The Hall–Kier alpha value is -2.68. The van der Waals surface area contributed by atoms with Gasteiger partial charge in [-0.25, -0.2) is 23.4 Å². The number of benzene rings is 1. The predicted octanol–water partition coefficient (Wildman–Crippen LogP) is 1.66. The van der Waals surface area contributed by atoms with Gasteiger partial charge in [0.15, 0.2) is 0 Å². The molecule has 14 heteroatoms. The van der Waals surface area contributed by atoms with E-state index in [9.17, 15) is 26.4 Å². The number of thiazole rings is 1. The first-order chi connectivity index (χ1) is 15.5. The summed E-state index contributed by atoms with van der Waals surface area (Å²) in [6.45, 7) is 1.95. The Morgan fingerprint density at radius 1 is 1.15 bits per heavy atom. The number of likely N-dealkylation sites (N-methyl/N-ethyl adjacent to an activating group) is 1. The van der Waals surface area contributed by atoms with E-state index in [0.717, 1.165) is 17.5 Å². The molecule has 1 aliphatic rings. The summed E-state index contributed by atoms with van der Waals surface area (Å²) in [5.41, 5.74) is 4.62. The summed E-state index contributed by atoms with van der Waals surface area (Å²) in [4.78, 5) is 25.8. The van der Waals surface area contributed by atoms with E-state index >= 15 is 0 Å². The van der Waals surface area contributed by atoms with Crippen molar-refractivity contribution in [1.82, 2.24) is 24.2 Å². The lowest BCUT2D eigenvalue weighted by molar-refractivity contribution is -0.141. The van der Waals surface area contributed by atoms with Crippen molar-refractivity contribution in [2.75, 3.05) is 33.2 Å². The first kappa shape index (κ1) is 23.5. The number of nitrogens with two attached hydrogens (primary N) is 1. The number of aromatic nitrogens is 3. The van der Waals surface area contributed by atoms with Gasteiger partial charge in [0.25, 0.3) is 0 Å². The molecule has 2 N–H and O–H groups in total. The summed E-state index contributed by atoms with van der Waals surface area (Å²) in [6.07, 6.45) is -3.82. The summed E-state index contributed by atoms with van der Waals surface area (Å²) in [5.74, 6) is -2.82. The molecule has 3 heterocycles. The fourth-order valence-corrected chi connectivity index (χ4v) is 6.05. The molecule has 0 saturated carbocycles. The molecule has 1 amide bonds. The zero-order valence-corrected chi connectivity index (χ0v) is 18.9. The minimum atomic E-state index is -4.72. The van der Waals surface area contributed by atoms with E-state index < -0.39 is 39.5 Å². The molecule has 1 aromatic carbocycles. The fourth-order valence-electron chi connectivity index (χ4n) is 3.41. The highest BCUT2D eigenvalue weighted by Gasteiger charge is 2.35. The summed E-state index contributed by atoms with van der Waals surface area (Å²) < 4.78 is 67.1. The predicted molar refractivity (Wildman–Crippen MR) is 114 cm³/mol. The van der Waals surface area contributed by atoms with E-state index in [4.69, 9.17) is 5.73 Å². The molecule has 9 nitrogen and oxygen atoms in total. The Kier molecular flexibility index (Phi) is 6.11. The zero-order valence-electron chi connectivity index (χ0n) is 17.3. The number of hydrogen-bond donors (Lipinski definition) is 1. The van der Waals surface area contributed by atoms with Gasteiger partial charge in [0, 0.05) is 32.4 Å². The number of carbonyl (C=O) groups excluding carboxylic acids is 1. The third-order valence-corrected chi connectivity index (χ3v) is 8.21. The highest BCUT2D eigenvalue weighted by Crippen LogP contribution is 2.34. The van der Waals surface area contributed by atoms with Crippen LogP contribution < -0.4 is 5.73 Å². The Morgan fingerprint density at radius 2 is 1.85 bits per heavy atom. The van der Waals surface area contributed by atoms with Crippen LogP contribution in [0.1, 0.15) is 22.4 Å². The molecule has 0 spiro atoms. The van der Waals surface area contributed by atoms with Crippen LogP contribution in [0, 0.1) is 0 Å². The monoisotopic (exact) mass is 500 g/mol. The summed E-state index contributed by atoms with van der Waals surface area (Å²) in [6, 6.07) is 5.04. The van der Waals surface area contributed by atoms with Crippen molar-refractivity contribution < 1.29 is 26.4 Å². The minimum Gasteiger partial charge on any atom is -0.369 e. The van der Waals surface area contributed by atoms with Crippen LogP contribution in [0.3, 0.4) is 0 Å². The number of piperazine rings is 1. The molecular weight excluding hydrogens is 481 g/mol. The van der Waals surface area contributed by atoms with Crippen molar-refractivity contribution in [3.63, 3.8) is 0 Å². The number of sulfonamides is 1. The smallest absolute Gasteiger partial charge is 0.369 e. The molecule has 4 rings (SSSR count). The second-order valence-corrected chi connectivity index (χ2v) is 10.5. The van der Waals surface area contributed by atoms with Crippen molar-refractivity contribution in [2.24, 2.45) is 5.73 Å². The van der Waals surface area contributed by atoms with E-state index in [0.29, 0.717) is 42.5 Å². The lowest BCUT2D eigenvalue weighted by atomic mass is 10.1. The first-order valence-electron chi connectivity index (χ1n) is 9.75. The van der Waals surface area contributed by atoms with Crippen molar-refractivity contribution in [3.8, 4) is 0 Å². The van der Waals surface area contributed by atoms with E-state index in [-0.39, 0.29) is 9.90 Å². The van der Waals surface area contributed by atoms with Crippen LogP contribution in [0.4, 0.5) is 13.2 Å². The average molecular weight is 501 g/mol. The summed E-state index contributed by atoms with van der Waals surface area (Å²) in [5, 5.41) is 0.0750. The Morgan fingerprint density at radius 3 is 2.48 bits per heavy atom. The summed E-state index contributed by atoms with van der Waals surface area (Å²) in [7, 11) is -1.82. The Balaban J connectivity index is 1.71. The van der Waals surface area contributed by atoms with Gasteiger partial charge in [-0.3, -0.25) is 4.79 Å². The maximum Gasteiger partial charge on any atom is 0.433 e. The van der Waals surface area contributed by atoms with Crippen molar-refractivity contribution in [3.05, 3.63) is 47.0 Å². The highest BCUT2D eigenvalue weighted by atomic mass is 32.2.